The van der Waals surface area contributed by atoms with Crippen LogP contribution in [0, 0.1) is 0 Å². The van der Waals surface area contributed by atoms with Crippen LogP contribution in [0.2, 0.25) is 0 Å². The van der Waals surface area contributed by atoms with E-state index in [-0.39, 0.29) is 0 Å². The number of hydrogen-bond donors (Lipinski definition) is 0. The molecule has 1 aliphatic carbocycles. The predicted molar refractivity (Wildman–Crippen MR) is 113 cm³/mol. The van der Waals surface area contributed by atoms with Gasteiger partial charge in [-0.05, 0) is 114 Å². The first-order chi connectivity index (χ1) is 13.3. The molecule has 3 heteroatoms. The molecule has 0 aromatic heterocycles. The summed E-state index contributed by atoms with van der Waals surface area (Å²) in [5, 5.41) is 0. The molecule has 2 aliphatic heterocycles. The Bertz CT molecular complexity index is 588. The van der Waals surface area contributed by atoms with E-state index in [9.17, 15) is 0 Å². The highest BCUT2D eigenvalue weighted by molar-refractivity contribution is 5.43. The Balaban J connectivity index is 1.22. The van der Waals surface area contributed by atoms with Crippen molar-refractivity contribution in [2.45, 2.75) is 76.2 Å². The topological polar surface area (TPSA) is 15.7 Å². The van der Waals surface area contributed by atoms with Crippen molar-refractivity contribution in [1.29, 1.82) is 0 Å². The van der Waals surface area contributed by atoms with Crippen LogP contribution in [-0.2, 0) is 6.42 Å². The summed E-state index contributed by atoms with van der Waals surface area (Å²) in [6, 6.07) is 7.54. The van der Waals surface area contributed by atoms with Crippen LogP contribution in [0.15, 0.2) is 18.2 Å². The number of rotatable bonds is 6. The van der Waals surface area contributed by atoms with Crippen LogP contribution in [0.25, 0.3) is 0 Å². The van der Waals surface area contributed by atoms with Gasteiger partial charge in [0.15, 0.2) is 0 Å². The lowest BCUT2D eigenvalue weighted by Gasteiger charge is -2.40. The highest BCUT2D eigenvalue weighted by Gasteiger charge is 2.26. The van der Waals surface area contributed by atoms with Crippen molar-refractivity contribution in [3.8, 4) is 5.75 Å². The lowest BCUT2D eigenvalue weighted by Crippen LogP contribution is -2.46. The number of ether oxygens (including phenoxy) is 1. The maximum Gasteiger partial charge on any atom is 0.122 e. The van der Waals surface area contributed by atoms with Crippen molar-refractivity contribution >= 4 is 0 Å². The highest BCUT2D eigenvalue weighted by atomic mass is 16.5. The summed E-state index contributed by atoms with van der Waals surface area (Å²) in [6.07, 6.45) is 13.6. The molecule has 2 saturated heterocycles. The molecule has 0 radical (unpaired) electrons. The molecule has 150 valence electrons. The van der Waals surface area contributed by atoms with E-state index < -0.39 is 0 Å². The predicted octanol–water partition coefficient (Wildman–Crippen LogP) is 4.85. The zero-order valence-electron chi connectivity index (χ0n) is 17.3. The molecule has 27 heavy (non-hydrogen) atoms. The Morgan fingerprint density at radius 3 is 2.56 bits per heavy atom. The van der Waals surface area contributed by atoms with Gasteiger partial charge in [0.1, 0.15) is 5.75 Å². The van der Waals surface area contributed by atoms with Gasteiger partial charge in [0.25, 0.3) is 0 Å². The summed E-state index contributed by atoms with van der Waals surface area (Å²) < 4.78 is 5.61. The average Bonchev–Trinajstić information content (AvgIpc) is 2.74. The fourth-order valence-corrected chi connectivity index (χ4v) is 5.76. The molecule has 0 saturated carbocycles. The van der Waals surface area contributed by atoms with E-state index in [0.29, 0.717) is 0 Å². The largest absolute Gasteiger partial charge is 0.496 e. The minimum Gasteiger partial charge on any atom is -0.496 e. The SMILES string of the molecule is COc1cccc2c1CCCC2CCCN1CCC(N2CCCCC2)CC1. The van der Waals surface area contributed by atoms with Gasteiger partial charge in [-0.1, -0.05) is 18.6 Å². The molecular weight excluding hydrogens is 332 g/mol. The number of benzene rings is 1. The first kappa shape index (κ1) is 19.3. The van der Waals surface area contributed by atoms with E-state index in [2.05, 4.69) is 28.0 Å². The third-order valence-electron chi connectivity index (χ3n) is 7.30. The molecule has 1 aromatic carbocycles. The second-order valence-electron chi connectivity index (χ2n) is 8.93. The lowest BCUT2D eigenvalue weighted by atomic mass is 9.80. The van der Waals surface area contributed by atoms with Gasteiger partial charge < -0.3 is 14.5 Å². The van der Waals surface area contributed by atoms with Crippen LogP contribution in [0.4, 0.5) is 0 Å². The molecule has 0 N–H and O–H groups in total. The number of hydrogen-bond acceptors (Lipinski definition) is 3. The average molecular weight is 371 g/mol. The second-order valence-corrected chi connectivity index (χ2v) is 8.93. The van der Waals surface area contributed by atoms with Gasteiger partial charge in [0, 0.05) is 6.04 Å². The van der Waals surface area contributed by atoms with Crippen LogP contribution in [0.3, 0.4) is 0 Å². The zero-order valence-corrected chi connectivity index (χ0v) is 17.3. The Labute approximate surface area is 166 Å². The van der Waals surface area contributed by atoms with Crippen LogP contribution < -0.4 is 4.74 Å². The molecule has 1 unspecified atom stereocenters. The lowest BCUT2D eigenvalue weighted by molar-refractivity contribution is 0.0916. The number of nitrogens with zero attached hydrogens (tertiary/aromatic N) is 2. The normalized spacial score (nSPS) is 25.3. The Hall–Kier alpha value is -1.06. The molecule has 3 aliphatic rings. The molecular formula is C24H38N2O. The Morgan fingerprint density at radius 2 is 1.78 bits per heavy atom. The van der Waals surface area contributed by atoms with Gasteiger partial charge in [-0.15, -0.1) is 0 Å². The van der Waals surface area contributed by atoms with E-state index in [1.165, 1.54) is 102 Å². The third-order valence-corrected chi connectivity index (χ3v) is 7.30. The van der Waals surface area contributed by atoms with Crippen molar-refractivity contribution in [3.63, 3.8) is 0 Å². The number of fused-ring (bicyclic) bond motifs is 1. The van der Waals surface area contributed by atoms with Crippen molar-refractivity contribution in [3.05, 3.63) is 29.3 Å². The number of methoxy groups -OCH3 is 1. The minimum atomic E-state index is 0.745. The summed E-state index contributed by atoms with van der Waals surface area (Å²) in [7, 11) is 1.81. The Kier molecular flexibility index (Phi) is 6.73. The van der Waals surface area contributed by atoms with Gasteiger partial charge in [0.2, 0.25) is 0 Å². The fraction of sp³-hybridized carbons (Fsp3) is 0.750. The van der Waals surface area contributed by atoms with E-state index in [1.54, 1.807) is 5.56 Å². The fourth-order valence-electron chi connectivity index (χ4n) is 5.76. The molecule has 1 atom stereocenters. The summed E-state index contributed by atoms with van der Waals surface area (Å²) in [5.74, 6) is 1.85. The summed E-state index contributed by atoms with van der Waals surface area (Å²) >= 11 is 0. The van der Waals surface area contributed by atoms with Gasteiger partial charge in [-0.3, -0.25) is 0 Å². The standard InChI is InChI=1S/C24H38N2O/c1-27-24-12-6-10-22-20(8-5-11-23(22)24)9-7-15-25-18-13-21(14-19-25)26-16-3-2-4-17-26/h6,10,12,20-21H,2-5,7-9,11,13-19H2,1H3. The van der Waals surface area contributed by atoms with Crippen molar-refractivity contribution < 1.29 is 4.74 Å². The quantitative estimate of drug-likeness (QED) is 0.712. The molecule has 3 nitrogen and oxygen atoms in total. The maximum atomic E-state index is 5.61. The first-order valence-electron chi connectivity index (χ1n) is 11.5. The van der Waals surface area contributed by atoms with E-state index in [4.69, 9.17) is 4.74 Å². The van der Waals surface area contributed by atoms with Crippen molar-refractivity contribution in [1.82, 2.24) is 9.80 Å². The van der Waals surface area contributed by atoms with Gasteiger partial charge in [-0.25, -0.2) is 0 Å². The van der Waals surface area contributed by atoms with Crippen LogP contribution in [-0.4, -0.2) is 55.7 Å². The number of piperidine rings is 2. The minimum absolute atomic E-state index is 0.745. The van der Waals surface area contributed by atoms with E-state index in [1.807, 2.05) is 7.11 Å². The third kappa shape index (κ3) is 4.68. The van der Waals surface area contributed by atoms with Crippen molar-refractivity contribution in [2.24, 2.45) is 0 Å². The van der Waals surface area contributed by atoms with Crippen LogP contribution in [0.5, 0.6) is 5.75 Å². The zero-order chi connectivity index (χ0) is 18.5. The monoisotopic (exact) mass is 370 g/mol. The molecule has 0 spiro atoms. The molecule has 0 bridgehead atoms. The Morgan fingerprint density at radius 1 is 0.963 bits per heavy atom. The molecule has 1 aromatic rings. The van der Waals surface area contributed by atoms with Crippen LogP contribution in [0.1, 0.15) is 74.8 Å². The molecule has 2 heterocycles. The highest BCUT2D eigenvalue weighted by Crippen LogP contribution is 2.39. The number of likely N-dealkylation sites (tertiary alicyclic amines) is 2. The smallest absolute Gasteiger partial charge is 0.122 e. The summed E-state index contributed by atoms with van der Waals surface area (Å²) in [4.78, 5) is 5.52. The van der Waals surface area contributed by atoms with Crippen LogP contribution >= 0.6 is 0 Å². The van der Waals surface area contributed by atoms with Gasteiger partial charge >= 0.3 is 0 Å². The second kappa shape index (κ2) is 9.43. The van der Waals surface area contributed by atoms with Gasteiger partial charge in [-0.2, -0.15) is 0 Å². The molecule has 2 fully saturated rings. The van der Waals surface area contributed by atoms with E-state index in [0.717, 1.165) is 17.7 Å². The first-order valence-corrected chi connectivity index (χ1v) is 11.5. The van der Waals surface area contributed by atoms with Gasteiger partial charge in [0.05, 0.1) is 7.11 Å². The maximum absolute atomic E-state index is 5.61. The van der Waals surface area contributed by atoms with E-state index >= 15 is 0 Å². The molecule has 0 amide bonds. The van der Waals surface area contributed by atoms with Crippen molar-refractivity contribution in [2.75, 3.05) is 39.8 Å². The summed E-state index contributed by atoms with van der Waals surface area (Å²) in [5.41, 5.74) is 3.06. The molecule has 4 rings (SSSR count). The summed E-state index contributed by atoms with van der Waals surface area (Å²) in [6.45, 7) is 6.64.